The van der Waals surface area contributed by atoms with Crippen LogP contribution in [0.3, 0.4) is 0 Å². The van der Waals surface area contributed by atoms with Crippen LogP contribution in [0.15, 0.2) is 0 Å². The van der Waals surface area contributed by atoms with E-state index in [0.717, 1.165) is 0 Å². The Morgan fingerprint density at radius 3 is 2.07 bits per heavy atom. The molecule has 15 heavy (non-hydrogen) atoms. The maximum atomic E-state index is 11.0. The molecule has 0 aliphatic carbocycles. The number of carbonyl (C=O) groups excluding carboxylic acids is 4. The molecule has 0 saturated heterocycles. The minimum atomic E-state index is -0.466. The van der Waals surface area contributed by atoms with Crippen LogP contribution in [0, 0.1) is 0 Å². The van der Waals surface area contributed by atoms with Crippen molar-refractivity contribution in [3.8, 4) is 0 Å². The van der Waals surface area contributed by atoms with Crippen LogP contribution in [-0.2, 0) is 19.2 Å². The van der Waals surface area contributed by atoms with Crippen molar-refractivity contribution >= 4 is 24.0 Å². The second kappa shape index (κ2) is 7.48. The van der Waals surface area contributed by atoms with Crippen molar-refractivity contribution in [3.05, 3.63) is 0 Å². The minimum absolute atomic E-state index is 0.0829. The van der Waals surface area contributed by atoms with Gasteiger partial charge in [0.05, 0.1) is 19.6 Å². The number of amides is 3. The van der Waals surface area contributed by atoms with Gasteiger partial charge in [-0.2, -0.15) is 0 Å². The van der Waals surface area contributed by atoms with Gasteiger partial charge in [0.2, 0.25) is 17.7 Å². The molecule has 7 nitrogen and oxygen atoms in total. The highest BCUT2D eigenvalue weighted by molar-refractivity contribution is 5.88. The van der Waals surface area contributed by atoms with E-state index in [1.54, 1.807) is 0 Å². The fourth-order valence-electron chi connectivity index (χ4n) is 0.664. The van der Waals surface area contributed by atoms with Crippen LogP contribution in [0.1, 0.15) is 6.92 Å². The van der Waals surface area contributed by atoms with E-state index in [4.69, 9.17) is 0 Å². The second-order valence-corrected chi connectivity index (χ2v) is 2.66. The number of nitrogens with one attached hydrogen (secondary N) is 3. The molecule has 0 radical (unpaired) electrons. The molecule has 84 valence electrons. The smallest absolute Gasteiger partial charge is 0.239 e. The number of hydrogen-bond acceptors (Lipinski definition) is 4. The van der Waals surface area contributed by atoms with Crippen molar-refractivity contribution in [2.45, 2.75) is 6.92 Å². The molecule has 0 saturated carbocycles. The van der Waals surface area contributed by atoms with Crippen LogP contribution >= 0.6 is 0 Å². The molecule has 0 aliphatic heterocycles. The lowest BCUT2D eigenvalue weighted by Gasteiger charge is -2.04. The molecule has 0 spiro atoms. The van der Waals surface area contributed by atoms with E-state index in [-0.39, 0.29) is 25.5 Å². The van der Waals surface area contributed by atoms with Crippen molar-refractivity contribution in [2.75, 3.05) is 19.6 Å². The first-order chi connectivity index (χ1) is 7.06. The summed E-state index contributed by atoms with van der Waals surface area (Å²) in [4.78, 5) is 42.1. The van der Waals surface area contributed by atoms with Gasteiger partial charge in [0.15, 0.2) is 0 Å². The normalized spacial score (nSPS) is 8.87. The van der Waals surface area contributed by atoms with Crippen LogP contribution in [0.2, 0.25) is 0 Å². The van der Waals surface area contributed by atoms with E-state index in [2.05, 4.69) is 16.0 Å². The third-order valence-electron chi connectivity index (χ3n) is 1.33. The molecule has 0 bridgehead atoms. The molecule has 0 heterocycles. The Morgan fingerprint density at radius 2 is 1.53 bits per heavy atom. The Balaban J connectivity index is 3.57. The Labute approximate surface area is 86.6 Å². The van der Waals surface area contributed by atoms with Crippen molar-refractivity contribution in [1.29, 1.82) is 0 Å². The van der Waals surface area contributed by atoms with Gasteiger partial charge in [-0.25, -0.2) is 0 Å². The highest BCUT2D eigenvalue weighted by Crippen LogP contribution is 1.67. The fraction of sp³-hybridized carbons (Fsp3) is 0.500. The third-order valence-corrected chi connectivity index (χ3v) is 1.33. The monoisotopic (exact) mass is 215 g/mol. The molecular weight excluding hydrogens is 202 g/mol. The zero-order chi connectivity index (χ0) is 11.7. The second-order valence-electron chi connectivity index (χ2n) is 2.66. The van der Waals surface area contributed by atoms with Crippen LogP contribution in [0.5, 0.6) is 0 Å². The summed E-state index contributed by atoms with van der Waals surface area (Å²) in [6.45, 7) is 0.813. The zero-order valence-corrected chi connectivity index (χ0v) is 8.33. The highest BCUT2D eigenvalue weighted by Gasteiger charge is 2.04. The predicted molar refractivity (Wildman–Crippen MR) is 50.8 cm³/mol. The molecule has 0 rings (SSSR count). The van der Waals surface area contributed by atoms with E-state index >= 15 is 0 Å². The van der Waals surface area contributed by atoms with E-state index < -0.39 is 11.8 Å². The molecule has 0 unspecified atom stereocenters. The zero-order valence-electron chi connectivity index (χ0n) is 8.33. The Kier molecular flexibility index (Phi) is 6.52. The van der Waals surface area contributed by atoms with Crippen molar-refractivity contribution < 1.29 is 19.2 Å². The summed E-state index contributed by atoms with van der Waals surface area (Å²) in [5, 5.41) is 6.78. The molecule has 0 atom stereocenters. The molecule has 0 aromatic heterocycles. The lowest BCUT2D eigenvalue weighted by molar-refractivity contribution is -0.127. The van der Waals surface area contributed by atoms with Gasteiger partial charge in [-0.05, 0) is 0 Å². The van der Waals surface area contributed by atoms with Gasteiger partial charge in [-0.1, -0.05) is 0 Å². The Morgan fingerprint density at radius 1 is 1.00 bits per heavy atom. The summed E-state index contributed by atoms with van der Waals surface area (Å²) in [5.74, 6) is -1.25. The predicted octanol–water partition coefficient (Wildman–Crippen LogP) is -2.45. The summed E-state index contributed by atoms with van der Waals surface area (Å²) in [5.41, 5.74) is 0. The van der Waals surface area contributed by atoms with Gasteiger partial charge in [0.1, 0.15) is 6.29 Å². The van der Waals surface area contributed by atoms with Gasteiger partial charge in [0, 0.05) is 6.92 Å². The first kappa shape index (κ1) is 13.1. The van der Waals surface area contributed by atoms with Crippen molar-refractivity contribution in [3.63, 3.8) is 0 Å². The van der Waals surface area contributed by atoms with Gasteiger partial charge in [0.25, 0.3) is 0 Å². The quantitative estimate of drug-likeness (QED) is 0.428. The van der Waals surface area contributed by atoms with Crippen LogP contribution in [0.4, 0.5) is 0 Å². The van der Waals surface area contributed by atoms with Gasteiger partial charge in [-0.3, -0.25) is 14.4 Å². The third kappa shape index (κ3) is 8.41. The maximum Gasteiger partial charge on any atom is 0.239 e. The number of aldehydes is 1. The summed E-state index contributed by atoms with van der Waals surface area (Å²) < 4.78 is 0. The topological polar surface area (TPSA) is 104 Å². The van der Waals surface area contributed by atoms with Gasteiger partial charge < -0.3 is 20.7 Å². The minimum Gasteiger partial charge on any atom is -0.348 e. The number of carbonyl (C=O) groups is 4. The lowest BCUT2D eigenvalue weighted by Crippen LogP contribution is -2.41. The first-order valence-electron chi connectivity index (χ1n) is 4.27. The average molecular weight is 215 g/mol. The van der Waals surface area contributed by atoms with Crippen LogP contribution in [-0.4, -0.2) is 43.6 Å². The van der Waals surface area contributed by atoms with Crippen molar-refractivity contribution in [1.82, 2.24) is 16.0 Å². The van der Waals surface area contributed by atoms with E-state index in [1.165, 1.54) is 6.92 Å². The molecular formula is C8H13N3O4. The molecule has 0 aromatic rings. The fourth-order valence-corrected chi connectivity index (χ4v) is 0.664. The van der Waals surface area contributed by atoms with Crippen LogP contribution < -0.4 is 16.0 Å². The van der Waals surface area contributed by atoms with E-state index in [1.807, 2.05) is 0 Å². The Bertz CT molecular complexity index is 265. The molecule has 3 amide bonds. The Hall–Kier alpha value is -1.92. The molecule has 7 heteroatoms. The van der Waals surface area contributed by atoms with Gasteiger partial charge >= 0.3 is 0 Å². The number of hydrogen-bond donors (Lipinski definition) is 3. The van der Waals surface area contributed by atoms with Crippen molar-refractivity contribution in [2.24, 2.45) is 0 Å². The first-order valence-corrected chi connectivity index (χ1v) is 4.27. The summed E-state index contributed by atoms with van der Waals surface area (Å²) in [7, 11) is 0. The van der Waals surface area contributed by atoms with Crippen LogP contribution in [0.25, 0.3) is 0 Å². The number of rotatable bonds is 6. The molecule has 0 aromatic carbocycles. The highest BCUT2D eigenvalue weighted by atomic mass is 16.2. The van der Waals surface area contributed by atoms with E-state index in [9.17, 15) is 19.2 Å². The summed E-state index contributed by atoms with van der Waals surface area (Å²) in [6.07, 6.45) is 0.539. The standard InChI is InChI=1S/C8H13N3O4/c1-6(13)10-4-8(15)11-5-7(14)9-2-3-12/h3H,2,4-5H2,1H3,(H,9,14)(H,10,13)(H,11,15). The summed E-state index contributed by atoms with van der Waals surface area (Å²) in [6, 6.07) is 0. The lowest BCUT2D eigenvalue weighted by atomic mass is 10.5. The molecule has 0 aliphatic rings. The maximum absolute atomic E-state index is 11.0. The SMILES string of the molecule is CC(=O)NCC(=O)NCC(=O)NCC=O. The average Bonchev–Trinajstić information content (AvgIpc) is 2.20. The van der Waals surface area contributed by atoms with E-state index in [0.29, 0.717) is 6.29 Å². The summed E-state index contributed by atoms with van der Waals surface area (Å²) >= 11 is 0. The largest absolute Gasteiger partial charge is 0.348 e. The molecule has 0 fully saturated rings. The molecule has 3 N–H and O–H groups in total. The van der Waals surface area contributed by atoms with Gasteiger partial charge in [-0.15, -0.1) is 0 Å².